The van der Waals surface area contributed by atoms with E-state index in [1.165, 1.54) is 29.6 Å². The van der Waals surface area contributed by atoms with Crippen molar-refractivity contribution in [2.24, 2.45) is 0 Å². The molecule has 1 aliphatic heterocycles. The Labute approximate surface area is 108 Å². The van der Waals surface area contributed by atoms with Gasteiger partial charge < -0.3 is 9.88 Å². The van der Waals surface area contributed by atoms with Gasteiger partial charge in [0.25, 0.3) is 0 Å². The molecule has 0 atom stereocenters. The van der Waals surface area contributed by atoms with Gasteiger partial charge >= 0.3 is 0 Å². The lowest BCUT2D eigenvalue weighted by molar-refractivity contribution is 0.498. The van der Waals surface area contributed by atoms with Crippen molar-refractivity contribution in [2.45, 2.75) is 45.6 Å². The molecule has 0 saturated heterocycles. The number of H-pyrrole nitrogens is 1. The van der Waals surface area contributed by atoms with Gasteiger partial charge in [0, 0.05) is 23.7 Å². The monoisotopic (exact) mass is 243 g/mol. The number of nitrogens with zero attached hydrogens (tertiary/aromatic N) is 2. The highest BCUT2D eigenvalue weighted by Gasteiger charge is 2.26. The lowest BCUT2D eigenvalue weighted by Gasteiger charge is -2.37. The van der Waals surface area contributed by atoms with Crippen LogP contribution < -0.4 is 4.90 Å². The zero-order valence-corrected chi connectivity index (χ0v) is 11.5. The number of hydrogen-bond donors (Lipinski definition) is 1. The fraction of sp³-hybridized carbons (Fsp3) is 0.533. The predicted molar refractivity (Wildman–Crippen MR) is 76.1 cm³/mol. The zero-order valence-electron chi connectivity index (χ0n) is 11.5. The first-order chi connectivity index (χ1) is 8.55. The third-order valence-corrected chi connectivity index (χ3v) is 3.74. The van der Waals surface area contributed by atoms with Crippen LogP contribution in [0.1, 0.15) is 39.3 Å². The van der Waals surface area contributed by atoms with Crippen molar-refractivity contribution in [3.8, 4) is 0 Å². The maximum absolute atomic E-state index is 4.80. The number of anilines is 1. The van der Waals surface area contributed by atoms with Gasteiger partial charge in [0.05, 0.1) is 11.4 Å². The summed E-state index contributed by atoms with van der Waals surface area (Å²) in [7, 11) is 0. The van der Waals surface area contributed by atoms with Crippen molar-refractivity contribution < 1.29 is 0 Å². The van der Waals surface area contributed by atoms with E-state index in [0.717, 1.165) is 18.6 Å². The average molecular weight is 243 g/mol. The van der Waals surface area contributed by atoms with Crippen LogP contribution >= 0.6 is 0 Å². The molecule has 0 fully saturated rings. The van der Waals surface area contributed by atoms with E-state index in [4.69, 9.17) is 4.98 Å². The first-order valence-corrected chi connectivity index (χ1v) is 6.80. The second-order valence-corrected chi connectivity index (χ2v) is 6.15. The second kappa shape index (κ2) is 4.01. The zero-order chi connectivity index (χ0) is 12.8. The van der Waals surface area contributed by atoms with Gasteiger partial charge in [0.15, 0.2) is 0 Å². The van der Waals surface area contributed by atoms with Crippen molar-refractivity contribution in [3.05, 3.63) is 24.0 Å². The van der Waals surface area contributed by atoms with Crippen molar-refractivity contribution in [1.29, 1.82) is 0 Å². The van der Waals surface area contributed by atoms with Crippen LogP contribution in [0.3, 0.4) is 0 Å². The number of aryl methyl sites for hydroxylation is 1. The lowest BCUT2D eigenvalue weighted by atomic mass is 10.0. The highest BCUT2D eigenvalue weighted by molar-refractivity contribution is 5.81. The number of aromatic amines is 1. The molecule has 3 heterocycles. The summed E-state index contributed by atoms with van der Waals surface area (Å²) in [6.45, 7) is 7.98. The molecule has 3 nitrogen and oxygen atoms in total. The Bertz CT molecular complexity index is 563. The number of pyridine rings is 1. The SMILES string of the molecule is CC(C)(C)N1CCCCc2nc3[nH]ccc3cc21. The molecular formula is C15H21N3. The largest absolute Gasteiger partial charge is 0.365 e. The summed E-state index contributed by atoms with van der Waals surface area (Å²) in [4.78, 5) is 10.5. The van der Waals surface area contributed by atoms with Crippen LogP contribution in [-0.4, -0.2) is 22.1 Å². The Morgan fingerprint density at radius 2 is 2.11 bits per heavy atom. The van der Waals surface area contributed by atoms with E-state index >= 15 is 0 Å². The summed E-state index contributed by atoms with van der Waals surface area (Å²) in [5, 5.41) is 1.21. The minimum absolute atomic E-state index is 0.157. The predicted octanol–water partition coefficient (Wildman–Crippen LogP) is 3.50. The molecular weight excluding hydrogens is 222 g/mol. The minimum Gasteiger partial charge on any atom is -0.365 e. The molecule has 2 aromatic rings. The molecule has 0 aromatic carbocycles. The van der Waals surface area contributed by atoms with E-state index in [1.54, 1.807) is 0 Å². The van der Waals surface area contributed by atoms with Gasteiger partial charge in [-0.3, -0.25) is 0 Å². The molecule has 0 aliphatic carbocycles. The molecule has 3 rings (SSSR count). The molecule has 1 N–H and O–H groups in total. The first kappa shape index (κ1) is 11.6. The van der Waals surface area contributed by atoms with Gasteiger partial charge in [0.2, 0.25) is 0 Å². The maximum Gasteiger partial charge on any atom is 0.137 e. The van der Waals surface area contributed by atoms with Gasteiger partial charge in [0.1, 0.15) is 5.65 Å². The van der Waals surface area contributed by atoms with Crippen molar-refractivity contribution >= 4 is 16.7 Å². The number of nitrogens with one attached hydrogen (secondary N) is 1. The summed E-state index contributed by atoms with van der Waals surface area (Å²) in [6, 6.07) is 4.40. The topological polar surface area (TPSA) is 31.9 Å². The molecule has 2 aromatic heterocycles. The van der Waals surface area contributed by atoms with Crippen molar-refractivity contribution in [2.75, 3.05) is 11.4 Å². The van der Waals surface area contributed by atoms with Crippen LogP contribution in [0.4, 0.5) is 5.69 Å². The summed E-state index contributed by atoms with van der Waals surface area (Å²) >= 11 is 0. The Kier molecular flexibility index (Phi) is 2.58. The molecule has 0 unspecified atom stereocenters. The minimum atomic E-state index is 0.157. The van der Waals surface area contributed by atoms with E-state index < -0.39 is 0 Å². The fourth-order valence-corrected chi connectivity index (χ4v) is 2.81. The molecule has 0 radical (unpaired) electrons. The highest BCUT2D eigenvalue weighted by atomic mass is 15.2. The van der Waals surface area contributed by atoms with E-state index in [2.05, 4.69) is 42.8 Å². The molecule has 0 bridgehead atoms. The molecule has 0 saturated carbocycles. The quantitative estimate of drug-likeness (QED) is 0.768. The summed E-state index contributed by atoms with van der Waals surface area (Å²) in [5.74, 6) is 0. The summed E-state index contributed by atoms with van der Waals surface area (Å²) in [5.41, 5.74) is 3.75. The lowest BCUT2D eigenvalue weighted by Crippen LogP contribution is -2.42. The van der Waals surface area contributed by atoms with Gasteiger partial charge in [-0.25, -0.2) is 4.98 Å². The third-order valence-electron chi connectivity index (χ3n) is 3.74. The Morgan fingerprint density at radius 1 is 1.28 bits per heavy atom. The normalized spacial score (nSPS) is 16.7. The van der Waals surface area contributed by atoms with Crippen LogP contribution in [-0.2, 0) is 6.42 Å². The third kappa shape index (κ3) is 1.88. The van der Waals surface area contributed by atoms with Gasteiger partial charge in [-0.05, 0) is 52.2 Å². The van der Waals surface area contributed by atoms with Gasteiger partial charge in [-0.2, -0.15) is 0 Å². The smallest absolute Gasteiger partial charge is 0.137 e. The van der Waals surface area contributed by atoms with E-state index in [-0.39, 0.29) is 5.54 Å². The van der Waals surface area contributed by atoms with Crippen LogP contribution in [0.2, 0.25) is 0 Å². The van der Waals surface area contributed by atoms with Crippen LogP contribution in [0, 0.1) is 0 Å². The van der Waals surface area contributed by atoms with Crippen LogP contribution in [0.15, 0.2) is 18.3 Å². The average Bonchev–Trinajstić information content (AvgIpc) is 2.62. The van der Waals surface area contributed by atoms with Crippen molar-refractivity contribution in [3.63, 3.8) is 0 Å². The Hall–Kier alpha value is -1.51. The Balaban J connectivity index is 2.18. The fourth-order valence-electron chi connectivity index (χ4n) is 2.81. The van der Waals surface area contributed by atoms with Gasteiger partial charge in [-0.1, -0.05) is 0 Å². The molecule has 18 heavy (non-hydrogen) atoms. The van der Waals surface area contributed by atoms with E-state index in [1.807, 2.05) is 6.20 Å². The van der Waals surface area contributed by atoms with Gasteiger partial charge in [-0.15, -0.1) is 0 Å². The van der Waals surface area contributed by atoms with Crippen LogP contribution in [0.25, 0.3) is 11.0 Å². The maximum atomic E-state index is 4.80. The summed E-state index contributed by atoms with van der Waals surface area (Å²) < 4.78 is 0. The first-order valence-electron chi connectivity index (χ1n) is 6.80. The van der Waals surface area contributed by atoms with Crippen LogP contribution in [0.5, 0.6) is 0 Å². The number of aromatic nitrogens is 2. The second-order valence-electron chi connectivity index (χ2n) is 6.15. The standard InChI is InChI=1S/C15H21N3/c1-15(2,3)18-9-5-4-6-12-13(18)10-11-7-8-16-14(11)17-12/h7-8,10H,4-6,9H2,1-3H3,(H,16,17). The van der Waals surface area contributed by atoms with E-state index in [9.17, 15) is 0 Å². The molecule has 96 valence electrons. The van der Waals surface area contributed by atoms with E-state index in [0.29, 0.717) is 0 Å². The number of hydrogen-bond acceptors (Lipinski definition) is 2. The molecule has 0 amide bonds. The number of rotatable bonds is 0. The molecule has 0 spiro atoms. The Morgan fingerprint density at radius 3 is 2.89 bits per heavy atom. The molecule has 1 aliphatic rings. The molecule has 3 heteroatoms. The summed E-state index contributed by atoms with van der Waals surface area (Å²) in [6.07, 6.45) is 5.55. The number of fused-ring (bicyclic) bond motifs is 2. The highest BCUT2D eigenvalue weighted by Crippen LogP contribution is 2.32. The van der Waals surface area contributed by atoms with Crippen molar-refractivity contribution in [1.82, 2.24) is 9.97 Å².